The van der Waals surface area contributed by atoms with Crippen molar-refractivity contribution in [3.8, 4) is 16.6 Å². The van der Waals surface area contributed by atoms with Gasteiger partial charge in [-0.15, -0.1) is 11.3 Å². The van der Waals surface area contributed by atoms with E-state index in [1.54, 1.807) is 35.6 Å². The van der Waals surface area contributed by atoms with Crippen LogP contribution in [0.3, 0.4) is 0 Å². The van der Waals surface area contributed by atoms with Gasteiger partial charge in [0.25, 0.3) is 5.91 Å². The fourth-order valence-corrected chi connectivity index (χ4v) is 3.75. The number of nitrogens with one attached hydrogen (secondary N) is 1. The molecular weight excluding hydrogens is 382 g/mol. The standard InChI is InChI=1S/C19H15N3O3S2/c1-12(18(24)21-15-4-2-13(9-20)3-5-15)25-17(23)8-16-11-27-19(22-16)14-6-7-26-10-14/h2-7,10-12H,8H2,1H3,(H,21,24)/t12-/m1/s1. The van der Waals surface area contributed by atoms with E-state index in [1.807, 2.05) is 28.3 Å². The second kappa shape index (κ2) is 8.58. The average molecular weight is 397 g/mol. The minimum Gasteiger partial charge on any atom is -0.452 e. The summed E-state index contributed by atoms with van der Waals surface area (Å²) in [6.07, 6.45) is -0.933. The van der Waals surface area contributed by atoms with Crippen molar-refractivity contribution >= 4 is 40.2 Å². The van der Waals surface area contributed by atoms with Crippen LogP contribution in [0.4, 0.5) is 5.69 Å². The van der Waals surface area contributed by atoms with Gasteiger partial charge in [0.2, 0.25) is 0 Å². The Hall–Kier alpha value is -3.02. The number of anilines is 1. The minimum absolute atomic E-state index is 0.00905. The number of nitrogens with zero attached hydrogens (tertiary/aromatic N) is 2. The highest BCUT2D eigenvalue weighted by molar-refractivity contribution is 7.14. The summed E-state index contributed by atoms with van der Waals surface area (Å²) in [6.45, 7) is 1.51. The number of thiazole rings is 1. The van der Waals surface area contributed by atoms with E-state index in [4.69, 9.17) is 10.00 Å². The second-order valence-corrected chi connectivity index (χ2v) is 7.28. The van der Waals surface area contributed by atoms with Gasteiger partial charge in [0, 0.05) is 22.0 Å². The summed E-state index contributed by atoms with van der Waals surface area (Å²) in [5.41, 5.74) is 2.67. The van der Waals surface area contributed by atoms with E-state index in [9.17, 15) is 9.59 Å². The maximum atomic E-state index is 12.1. The van der Waals surface area contributed by atoms with Crippen molar-refractivity contribution in [3.05, 3.63) is 57.7 Å². The Bertz CT molecular complexity index is 973. The van der Waals surface area contributed by atoms with Crippen molar-refractivity contribution in [1.29, 1.82) is 5.26 Å². The highest BCUT2D eigenvalue weighted by Gasteiger charge is 2.19. The highest BCUT2D eigenvalue weighted by Crippen LogP contribution is 2.25. The molecule has 1 N–H and O–H groups in total. The number of hydrogen-bond donors (Lipinski definition) is 1. The van der Waals surface area contributed by atoms with Crippen LogP contribution in [0.1, 0.15) is 18.2 Å². The van der Waals surface area contributed by atoms with Crippen LogP contribution in [0.2, 0.25) is 0 Å². The minimum atomic E-state index is -0.942. The molecule has 3 rings (SSSR count). The van der Waals surface area contributed by atoms with Gasteiger partial charge < -0.3 is 10.1 Å². The number of carbonyl (C=O) groups excluding carboxylic acids is 2. The molecule has 0 fully saturated rings. The van der Waals surface area contributed by atoms with Gasteiger partial charge in [-0.25, -0.2) is 4.98 Å². The number of esters is 1. The van der Waals surface area contributed by atoms with Gasteiger partial charge in [-0.1, -0.05) is 0 Å². The number of aromatic nitrogens is 1. The summed E-state index contributed by atoms with van der Waals surface area (Å²) < 4.78 is 5.20. The Morgan fingerprint density at radius 2 is 2.04 bits per heavy atom. The van der Waals surface area contributed by atoms with Gasteiger partial charge in [0.15, 0.2) is 6.10 Å². The van der Waals surface area contributed by atoms with Crippen LogP contribution < -0.4 is 5.32 Å². The first-order chi connectivity index (χ1) is 13.0. The largest absolute Gasteiger partial charge is 0.452 e. The maximum absolute atomic E-state index is 12.1. The van der Waals surface area contributed by atoms with E-state index in [0.717, 1.165) is 10.6 Å². The lowest BCUT2D eigenvalue weighted by atomic mass is 10.2. The summed E-state index contributed by atoms with van der Waals surface area (Å²) in [6, 6.07) is 10.4. The van der Waals surface area contributed by atoms with Crippen molar-refractivity contribution in [2.24, 2.45) is 0 Å². The van der Waals surface area contributed by atoms with Gasteiger partial charge in [-0.05, 0) is 42.6 Å². The lowest BCUT2D eigenvalue weighted by Crippen LogP contribution is -2.30. The molecule has 1 aromatic carbocycles. The normalized spacial score (nSPS) is 11.4. The van der Waals surface area contributed by atoms with Gasteiger partial charge >= 0.3 is 5.97 Å². The summed E-state index contributed by atoms with van der Waals surface area (Å²) in [5, 5.41) is 18.1. The first-order valence-electron chi connectivity index (χ1n) is 8.02. The van der Waals surface area contributed by atoms with Crippen LogP contribution in [-0.2, 0) is 20.7 Å². The number of amides is 1. The molecule has 8 heteroatoms. The molecule has 0 bridgehead atoms. The lowest BCUT2D eigenvalue weighted by Gasteiger charge is -2.13. The molecule has 0 aliphatic rings. The van der Waals surface area contributed by atoms with Crippen LogP contribution in [0, 0.1) is 11.3 Å². The fraction of sp³-hybridized carbons (Fsp3) is 0.158. The van der Waals surface area contributed by atoms with Crippen molar-refractivity contribution < 1.29 is 14.3 Å². The van der Waals surface area contributed by atoms with Crippen LogP contribution in [0.15, 0.2) is 46.5 Å². The van der Waals surface area contributed by atoms with Crippen molar-refractivity contribution in [1.82, 2.24) is 4.98 Å². The quantitative estimate of drug-likeness (QED) is 0.638. The van der Waals surface area contributed by atoms with Crippen molar-refractivity contribution in [2.45, 2.75) is 19.4 Å². The number of ether oxygens (including phenoxy) is 1. The molecule has 0 saturated heterocycles. The smallest absolute Gasteiger partial charge is 0.312 e. The number of benzene rings is 1. The number of hydrogen-bond acceptors (Lipinski definition) is 7. The lowest BCUT2D eigenvalue weighted by molar-refractivity contribution is -0.152. The van der Waals surface area contributed by atoms with Crippen molar-refractivity contribution in [2.75, 3.05) is 5.32 Å². The molecule has 0 radical (unpaired) electrons. The fourth-order valence-electron chi connectivity index (χ4n) is 2.22. The van der Waals surface area contributed by atoms with Crippen molar-refractivity contribution in [3.63, 3.8) is 0 Å². The molecule has 27 heavy (non-hydrogen) atoms. The van der Waals surface area contributed by atoms with Gasteiger partial charge in [0.1, 0.15) is 5.01 Å². The number of rotatable bonds is 6. The molecule has 1 atom stereocenters. The predicted molar refractivity (Wildman–Crippen MR) is 104 cm³/mol. The Morgan fingerprint density at radius 3 is 2.70 bits per heavy atom. The van der Waals surface area contributed by atoms with E-state index < -0.39 is 18.0 Å². The zero-order chi connectivity index (χ0) is 19.2. The highest BCUT2D eigenvalue weighted by atomic mass is 32.1. The summed E-state index contributed by atoms with van der Waals surface area (Å²) in [5.74, 6) is -0.954. The third-order valence-corrected chi connectivity index (χ3v) is 5.23. The number of carbonyl (C=O) groups is 2. The summed E-state index contributed by atoms with van der Waals surface area (Å²) in [7, 11) is 0. The topological polar surface area (TPSA) is 92.1 Å². The summed E-state index contributed by atoms with van der Waals surface area (Å²) in [4.78, 5) is 28.7. The Kier molecular flexibility index (Phi) is 5.96. The molecule has 6 nitrogen and oxygen atoms in total. The monoisotopic (exact) mass is 397 g/mol. The average Bonchev–Trinajstić information content (AvgIpc) is 3.33. The maximum Gasteiger partial charge on any atom is 0.312 e. The molecule has 2 heterocycles. The third kappa shape index (κ3) is 5.00. The second-order valence-electron chi connectivity index (χ2n) is 5.64. The molecule has 0 aliphatic carbocycles. The third-order valence-electron chi connectivity index (χ3n) is 3.60. The molecule has 0 unspecified atom stereocenters. The van der Waals surface area contributed by atoms with E-state index >= 15 is 0 Å². The molecule has 0 aliphatic heterocycles. The Morgan fingerprint density at radius 1 is 1.26 bits per heavy atom. The zero-order valence-electron chi connectivity index (χ0n) is 14.3. The van der Waals surface area contributed by atoms with Crippen LogP contribution in [-0.4, -0.2) is 23.0 Å². The van der Waals surface area contributed by atoms with E-state index in [1.165, 1.54) is 18.3 Å². The summed E-state index contributed by atoms with van der Waals surface area (Å²) >= 11 is 3.05. The van der Waals surface area contributed by atoms with Gasteiger partial charge in [0.05, 0.1) is 23.7 Å². The first-order valence-corrected chi connectivity index (χ1v) is 9.85. The van der Waals surface area contributed by atoms with Crippen LogP contribution in [0.25, 0.3) is 10.6 Å². The van der Waals surface area contributed by atoms with E-state index in [0.29, 0.717) is 16.9 Å². The molecule has 1 amide bonds. The van der Waals surface area contributed by atoms with E-state index in [2.05, 4.69) is 10.3 Å². The SMILES string of the molecule is C[C@@H](OC(=O)Cc1csc(-c2ccsc2)n1)C(=O)Nc1ccc(C#N)cc1. The molecule has 3 aromatic rings. The Balaban J connectivity index is 1.52. The number of thiophene rings is 1. The molecule has 0 saturated carbocycles. The predicted octanol–water partition coefficient (Wildman–Crippen LogP) is 3.86. The van der Waals surface area contributed by atoms with E-state index in [-0.39, 0.29) is 6.42 Å². The Labute approximate surface area is 164 Å². The van der Waals surface area contributed by atoms with Crippen LogP contribution >= 0.6 is 22.7 Å². The molecule has 2 aromatic heterocycles. The molecular formula is C19H15N3O3S2. The van der Waals surface area contributed by atoms with Crippen LogP contribution in [0.5, 0.6) is 0 Å². The first kappa shape index (κ1) is 18.8. The van der Waals surface area contributed by atoms with Gasteiger partial charge in [-0.2, -0.15) is 16.6 Å². The number of nitriles is 1. The zero-order valence-corrected chi connectivity index (χ0v) is 16.0. The molecule has 0 spiro atoms. The van der Waals surface area contributed by atoms with Gasteiger partial charge in [-0.3, -0.25) is 9.59 Å². The molecule has 136 valence electrons.